The molecule has 178 valence electrons. The number of amides is 1. The van der Waals surface area contributed by atoms with Crippen LogP contribution in [0.15, 0.2) is 41.4 Å². The van der Waals surface area contributed by atoms with Gasteiger partial charge in [0.1, 0.15) is 12.0 Å². The summed E-state index contributed by atoms with van der Waals surface area (Å²) in [6.45, 7) is 6.26. The standard InChI is InChI=1S/C27H33N5O2/c1-4-20-15-18(2)23(26-29-25(30-31-26)11-14-34-3)16-24(20)27(33)32-12-9-22(10-13-32)21-7-5-19(17-28)6-8-21/h5-8,15-16,22,25,30H,4,9-14H2,1-3H3,(H,29,31). The highest BCUT2D eigenvalue weighted by atomic mass is 16.5. The van der Waals surface area contributed by atoms with Gasteiger partial charge in [0, 0.05) is 44.4 Å². The van der Waals surface area contributed by atoms with E-state index in [2.05, 4.69) is 36.8 Å². The molecule has 0 aromatic heterocycles. The summed E-state index contributed by atoms with van der Waals surface area (Å²) < 4.78 is 5.16. The largest absolute Gasteiger partial charge is 0.385 e. The average molecular weight is 460 g/mol. The number of ether oxygens (including phenoxy) is 1. The molecule has 0 bridgehead atoms. The summed E-state index contributed by atoms with van der Waals surface area (Å²) >= 11 is 0. The molecule has 1 amide bonds. The minimum atomic E-state index is -0.0411. The summed E-state index contributed by atoms with van der Waals surface area (Å²) in [6.07, 6.45) is 3.40. The number of amidine groups is 1. The molecule has 0 spiro atoms. The molecule has 2 aliphatic rings. The zero-order chi connectivity index (χ0) is 24.1. The fourth-order valence-electron chi connectivity index (χ4n) is 4.81. The van der Waals surface area contributed by atoms with Crippen molar-refractivity contribution >= 4 is 11.7 Å². The summed E-state index contributed by atoms with van der Waals surface area (Å²) in [7, 11) is 1.69. The van der Waals surface area contributed by atoms with Crippen molar-refractivity contribution in [2.45, 2.75) is 51.6 Å². The summed E-state index contributed by atoms with van der Waals surface area (Å²) in [5.74, 6) is 1.29. The van der Waals surface area contributed by atoms with Crippen LogP contribution in [0.1, 0.15) is 70.3 Å². The average Bonchev–Trinajstić information content (AvgIpc) is 3.35. The summed E-state index contributed by atoms with van der Waals surface area (Å²) in [5, 5.41) is 9.02. The lowest BCUT2D eigenvalue weighted by Gasteiger charge is -2.33. The van der Waals surface area contributed by atoms with Gasteiger partial charge in [-0.1, -0.05) is 25.1 Å². The number of hydrazine groups is 1. The molecule has 1 saturated heterocycles. The van der Waals surface area contributed by atoms with Gasteiger partial charge >= 0.3 is 0 Å². The van der Waals surface area contributed by atoms with Crippen LogP contribution in [0, 0.1) is 18.3 Å². The summed E-state index contributed by atoms with van der Waals surface area (Å²) in [6, 6.07) is 14.2. The van der Waals surface area contributed by atoms with E-state index in [1.165, 1.54) is 5.56 Å². The smallest absolute Gasteiger partial charge is 0.254 e. The summed E-state index contributed by atoms with van der Waals surface area (Å²) in [4.78, 5) is 20.3. The fourth-order valence-corrected chi connectivity index (χ4v) is 4.81. The summed E-state index contributed by atoms with van der Waals surface area (Å²) in [5.41, 5.74) is 12.2. The molecule has 2 aliphatic heterocycles. The number of carbonyl (C=O) groups is 1. The number of nitrogens with one attached hydrogen (secondary N) is 2. The third-order valence-electron chi connectivity index (χ3n) is 6.85. The molecule has 2 aromatic carbocycles. The van der Waals surface area contributed by atoms with E-state index < -0.39 is 0 Å². The zero-order valence-electron chi connectivity index (χ0n) is 20.2. The van der Waals surface area contributed by atoms with Gasteiger partial charge in [0.2, 0.25) is 0 Å². The number of aryl methyl sites for hydroxylation is 2. The van der Waals surface area contributed by atoms with Crippen LogP contribution < -0.4 is 10.9 Å². The van der Waals surface area contributed by atoms with Crippen molar-refractivity contribution in [2.24, 2.45) is 4.99 Å². The number of methoxy groups -OCH3 is 1. The van der Waals surface area contributed by atoms with E-state index in [0.717, 1.165) is 66.9 Å². The molecule has 2 heterocycles. The molecule has 1 atom stereocenters. The third-order valence-corrected chi connectivity index (χ3v) is 6.85. The van der Waals surface area contributed by atoms with Crippen LogP contribution in [-0.4, -0.2) is 49.6 Å². The Balaban J connectivity index is 1.49. The van der Waals surface area contributed by atoms with Gasteiger partial charge in [0.15, 0.2) is 0 Å². The van der Waals surface area contributed by atoms with Crippen LogP contribution in [-0.2, 0) is 11.2 Å². The number of rotatable bonds is 7. The number of hydrogen-bond donors (Lipinski definition) is 2. The Hall–Kier alpha value is -3.21. The third kappa shape index (κ3) is 5.14. The molecular weight excluding hydrogens is 426 g/mol. The van der Waals surface area contributed by atoms with E-state index in [9.17, 15) is 4.79 Å². The second-order valence-electron chi connectivity index (χ2n) is 9.02. The van der Waals surface area contributed by atoms with Crippen LogP contribution in [0.5, 0.6) is 0 Å². The highest BCUT2D eigenvalue weighted by Crippen LogP contribution is 2.30. The lowest BCUT2D eigenvalue weighted by molar-refractivity contribution is 0.0712. The number of likely N-dealkylation sites (tertiary alicyclic amines) is 1. The van der Waals surface area contributed by atoms with Gasteiger partial charge in [-0.15, -0.1) is 0 Å². The van der Waals surface area contributed by atoms with E-state index in [-0.39, 0.29) is 12.1 Å². The van der Waals surface area contributed by atoms with Crippen molar-refractivity contribution in [2.75, 3.05) is 26.8 Å². The maximum atomic E-state index is 13.6. The van der Waals surface area contributed by atoms with Crippen LogP contribution >= 0.6 is 0 Å². The first-order valence-electron chi connectivity index (χ1n) is 12.1. The Kier molecular flexibility index (Phi) is 7.61. The van der Waals surface area contributed by atoms with Gasteiger partial charge in [0.25, 0.3) is 5.91 Å². The molecule has 7 heteroatoms. The molecule has 0 radical (unpaired) electrons. The van der Waals surface area contributed by atoms with E-state index in [4.69, 9.17) is 15.0 Å². The Morgan fingerprint density at radius 3 is 2.62 bits per heavy atom. The van der Waals surface area contributed by atoms with Gasteiger partial charge in [0.05, 0.1) is 11.6 Å². The lowest BCUT2D eigenvalue weighted by Crippen LogP contribution is -2.39. The number of benzene rings is 2. The Bertz CT molecular complexity index is 1100. The number of nitriles is 1. The molecule has 4 rings (SSSR count). The van der Waals surface area contributed by atoms with Crippen molar-refractivity contribution in [3.05, 3.63) is 69.8 Å². The molecule has 1 fully saturated rings. The fraction of sp³-hybridized carbons (Fsp3) is 0.444. The van der Waals surface area contributed by atoms with E-state index in [1.54, 1.807) is 7.11 Å². The monoisotopic (exact) mass is 459 g/mol. The Morgan fingerprint density at radius 1 is 1.24 bits per heavy atom. The van der Waals surface area contributed by atoms with Crippen molar-refractivity contribution < 1.29 is 9.53 Å². The molecule has 34 heavy (non-hydrogen) atoms. The number of piperidine rings is 1. The molecule has 1 unspecified atom stereocenters. The first kappa shape index (κ1) is 23.9. The van der Waals surface area contributed by atoms with E-state index >= 15 is 0 Å². The van der Waals surface area contributed by atoms with Gasteiger partial charge in [-0.05, 0) is 67.0 Å². The van der Waals surface area contributed by atoms with Crippen molar-refractivity contribution in [1.29, 1.82) is 5.26 Å². The van der Waals surface area contributed by atoms with Gasteiger partial charge < -0.3 is 15.1 Å². The van der Waals surface area contributed by atoms with Gasteiger partial charge in [-0.25, -0.2) is 10.4 Å². The van der Waals surface area contributed by atoms with Crippen molar-refractivity contribution in [3.8, 4) is 6.07 Å². The Labute approximate surface area is 201 Å². The molecular formula is C27H33N5O2. The maximum Gasteiger partial charge on any atom is 0.254 e. The highest BCUT2D eigenvalue weighted by Gasteiger charge is 2.27. The van der Waals surface area contributed by atoms with Gasteiger partial charge in [-0.2, -0.15) is 5.26 Å². The predicted molar refractivity (Wildman–Crippen MR) is 133 cm³/mol. The topological polar surface area (TPSA) is 89.8 Å². The molecule has 0 saturated carbocycles. The quantitative estimate of drug-likeness (QED) is 0.660. The first-order chi connectivity index (χ1) is 16.5. The van der Waals surface area contributed by atoms with Crippen LogP contribution in [0.2, 0.25) is 0 Å². The number of carbonyl (C=O) groups excluding carboxylic acids is 1. The van der Waals surface area contributed by atoms with Crippen molar-refractivity contribution in [3.63, 3.8) is 0 Å². The maximum absolute atomic E-state index is 13.6. The second kappa shape index (κ2) is 10.8. The highest BCUT2D eigenvalue weighted by molar-refractivity contribution is 6.04. The number of nitrogens with zero attached hydrogens (tertiary/aromatic N) is 3. The predicted octanol–water partition coefficient (Wildman–Crippen LogP) is 3.67. The lowest BCUT2D eigenvalue weighted by atomic mass is 9.88. The molecule has 2 aromatic rings. The zero-order valence-corrected chi connectivity index (χ0v) is 20.2. The molecule has 2 N–H and O–H groups in total. The normalized spacial score (nSPS) is 18.4. The number of hydrogen-bond acceptors (Lipinski definition) is 6. The molecule has 0 aliphatic carbocycles. The van der Waals surface area contributed by atoms with Crippen LogP contribution in [0.25, 0.3) is 0 Å². The van der Waals surface area contributed by atoms with E-state index in [0.29, 0.717) is 18.1 Å². The minimum Gasteiger partial charge on any atom is -0.385 e. The van der Waals surface area contributed by atoms with Crippen LogP contribution in [0.3, 0.4) is 0 Å². The number of aliphatic imine (C=N–C) groups is 1. The second-order valence-corrected chi connectivity index (χ2v) is 9.02. The SMILES string of the molecule is CCc1cc(C)c(C2=NC(CCOC)NN2)cc1C(=O)N1CCC(c2ccc(C#N)cc2)CC1. The molecule has 7 nitrogen and oxygen atoms in total. The van der Waals surface area contributed by atoms with Gasteiger partial charge in [-0.3, -0.25) is 4.79 Å². The minimum absolute atomic E-state index is 0.0411. The first-order valence-corrected chi connectivity index (χ1v) is 12.1. The van der Waals surface area contributed by atoms with Crippen molar-refractivity contribution in [1.82, 2.24) is 15.8 Å². The van der Waals surface area contributed by atoms with E-state index in [1.807, 2.05) is 35.2 Å². The van der Waals surface area contributed by atoms with Crippen LogP contribution in [0.4, 0.5) is 0 Å². The Morgan fingerprint density at radius 2 is 1.97 bits per heavy atom.